The van der Waals surface area contributed by atoms with E-state index in [0.29, 0.717) is 10.7 Å². The number of hydrogen-bond acceptors (Lipinski definition) is 5. The molecule has 0 bridgehead atoms. The molecule has 3 heterocycles. The van der Waals surface area contributed by atoms with Crippen LogP contribution >= 0.6 is 0 Å². The molecule has 4 amide bonds. The molecule has 186 valence electrons. The lowest BCUT2D eigenvalue weighted by Gasteiger charge is -2.51. The monoisotopic (exact) mass is 505 g/mol. The normalized spacial score (nSPS) is 19.5. The lowest BCUT2D eigenvalue weighted by atomic mass is 9.88. The Hall–Kier alpha value is -4.72. The zero-order valence-electron chi connectivity index (χ0n) is 19.4. The fourth-order valence-corrected chi connectivity index (χ4v) is 4.47. The first-order valence-electron chi connectivity index (χ1n) is 11.2. The van der Waals surface area contributed by atoms with E-state index in [-0.39, 0.29) is 24.2 Å². The van der Waals surface area contributed by atoms with Crippen LogP contribution < -0.4 is 9.80 Å². The Morgan fingerprint density at radius 2 is 1.68 bits per heavy atom. The summed E-state index contributed by atoms with van der Waals surface area (Å²) in [5.41, 5.74) is -2.50. The number of carbonyl (C=O) groups excluding carboxylic acids is 3. The molecule has 0 spiro atoms. The summed E-state index contributed by atoms with van der Waals surface area (Å²) in [4.78, 5) is 50.5. The van der Waals surface area contributed by atoms with Gasteiger partial charge in [0.1, 0.15) is 29.2 Å². The Morgan fingerprint density at radius 1 is 0.946 bits per heavy atom. The molecule has 3 aromatic rings. The molecule has 5 rings (SSSR count). The molecule has 0 N–H and O–H groups in total. The minimum absolute atomic E-state index is 0.00426. The zero-order chi connectivity index (χ0) is 26.3. The molecule has 11 heteroatoms. The maximum atomic E-state index is 15.1. The predicted octanol–water partition coefficient (Wildman–Crippen LogP) is 3.26. The maximum Gasteiger partial charge on any atom is 0.332 e. The number of rotatable bonds is 2. The smallest absolute Gasteiger partial charge is 0.307 e. The molecule has 2 aliphatic rings. The van der Waals surface area contributed by atoms with Crippen LogP contribution in [0, 0.1) is 29.3 Å². The number of urea groups is 1. The van der Waals surface area contributed by atoms with E-state index in [1.807, 2.05) is 0 Å². The molecular weight excluding hydrogens is 487 g/mol. The van der Waals surface area contributed by atoms with Gasteiger partial charge in [-0.3, -0.25) is 14.5 Å². The lowest BCUT2D eigenvalue weighted by Crippen LogP contribution is -2.73. The third-order valence-electron chi connectivity index (χ3n) is 6.31. The van der Waals surface area contributed by atoms with E-state index in [4.69, 9.17) is 0 Å². The van der Waals surface area contributed by atoms with Crippen molar-refractivity contribution in [2.45, 2.75) is 18.9 Å². The van der Waals surface area contributed by atoms with Gasteiger partial charge in [0, 0.05) is 24.8 Å². The molecular formula is C26H18F3N5O3. The topological polar surface area (TPSA) is 86.7 Å². The van der Waals surface area contributed by atoms with Crippen LogP contribution in [0.3, 0.4) is 0 Å². The molecule has 2 aromatic carbocycles. The number of halogens is 3. The molecule has 0 radical (unpaired) electrons. The highest BCUT2D eigenvalue weighted by Gasteiger charge is 2.56. The van der Waals surface area contributed by atoms with Crippen LogP contribution in [-0.2, 0) is 9.59 Å². The Kier molecular flexibility index (Phi) is 5.87. The van der Waals surface area contributed by atoms with Gasteiger partial charge >= 0.3 is 6.03 Å². The van der Waals surface area contributed by atoms with E-state index >= 15 is 8.78 Å². The van der Waals surface area contributed by atoms with Crippen LogP contribution in [-0.4, -0.2) is 51.3 Å². The first kappa shape index (κ1) is 24.0. The summed E-state index contributed by atoms with van der Waals surface area (Å²) in [5, 5.41) is 0. The Balaban J connectivity index is 1.45. The third-order valence-corrected chi connectivity index (χ3v) is 6.31. The number of fused-ring (bicyclic) bond motifs is 1. The number of amides is 4. The third kappa shape index (κ3) is 4.06. The lowest BCUT2D eigenvalue weighted by molar-refractivity contribution is -0.137. The highest BCUT2D eigenvalue weighted by molar-refractivity contribution is 6.20. The standard InChI is InChI=1S/C26H18F3N5O3/c1-26-14-22(35)34(25(37)33(26)11-10-32(24(26)36)21-8-9-30-15-31-21)23-19(28)12-16(13-20(23)29)6-7-17-4-2-3-5-18(17)27/h2-5,8-9,12-13,15H,10-11,14H2,1H3. The van der Waals surface area contributed by atoms with Crippen LogP contribution in [0.2, 0.25) is 0 Å². The second-order valence-corrected chi connectivity index (χ2v) is 8.66. The van der Waals surface area contributed by atoms with Gasteiger partial charge in [0.05, 0.1) is 12.0 Å². The van der Waals surface area contributed by atoms with Gasteiger partial charge < -0.3 is 4.90 Å². The average molecular weight is 505 g/mol. The Labute approximate surface area is 209 Å². The van der Waals surface area contributed by atoms with E-state index < -0.39 is 52.9 Å². The number of hydrogen-bond donors (Lipinski definition) is 0. The number of aromatic nitrogens is 2. The first-order chi connectivity index (χ1) is 17.7. The molecule has 0 aliphatic carbocycles. The van der Waals surface area contributed by atoms with Crippen molar-refractivity contribution >= 4 is 29.4 Å². The molecule has 37 heavy (non-hydrogen) atoms. The maximum absolute atomic E-state index is 15.1. The number of benzene rings is 2. The summed E-state index contributed by atoms with van der Waals surface area (Å²) < 4.78 is 44.0. The van der Waals surface area contributed by atoms with E-state index in [2.05, 4.69) is 21.8 Å². The molecule has 1 aromatic heterocycles. The first-order valence-corrected chi connectivity index (χ1v) is 11.2. The van der Waals surface area contributed by atoms with Gasteiger partial charge in [-0.25, -0.2) is 32.8 Å². The van der Waals surface area contributed by atoms with Crippen molar-refractivity contribution in [2.24, 2.45) is 0 Å². The molecule has 2 saturated heterocycles. The average Bonchev–Trinajstić information content (AvgIpc) is 2.87. The molecule has 8 nitrogen and oxygen atoms in total. The van der Waals surface area contributed by atoms with Crippen LogP contribution in [0.1, 0.15) is 24.5 Å². The van der Waals surface area contributed by atoms with Gasteiger partial charge in [-0.2, -0.15) is 0 Å². The summed E-state index contributed by atoms with van der Waals surface area (Å²) in [7, 11) is 0. The predicted molar refractivity (Wildman–Crippen MR) is 126 cm³/mol. The van der Waals surface area contributed by atoms with Gasteiger partial charge in [-0.15, -0.1) is 0 Å². The van der Waals surface area contributed by atoms with E-state index in [1.165, 1.54) is 48.6 Å². The fourth-order valence-electron chi connectivity index (χ4n) is 4.47. The second-order valence-electron chi connectivity index (χ2n) is 8.66. The molecule has 2 aliphatic heterocycles. The van der Waals surface area contributed by atoms with Gasteiger partial charge in [-0.1, -0.05) is 24.0 Å². The Bertz CT molecular complexity index is 1480. The van der Waals surface area contributed by atoms with Crippen LogP contribution in [0.5, 0.6) is 0 Å². The number of anilines is 2. The largest absolute Gasteiger partial charge is 0.332 e. The summed E-state index contributed by atoms with van der Waals surface area (Å²) in [5.74, 6) is 0.825. The quantitative estimate of drug-likeness (QED) is 0.499. The minimum atomic E-state index is -1.56. The van der Waals surface area contributed by atoms with Crippen LogP contribution in [0.25, 0.3) is 0 Å². The van der Waals surface area contributed by atoms with Gasteiger partial charge in [0.25, 0.3) is 5.91 Å². The number of nitrogens with zero attached hydrogens (tertiary/aromatic N) is 5. The van der Waals surface area contributed by atoms with E-state index in [9.17, 15) is 18.8 Å². The van der Waals surface area contributed by atoms with Crippen molar-refractivity contribution in [3.8, 4) is 11.8 Å². The molecule has 1 unspecified atom stereocenters. The second kappa shape index (κ2) is 9.05. The van der Waals surface area contributed by atoms with Crippen molar-refractivity contribution in [3.05, 3.63) is 83.6 Å². The Morgan fingerprint density at radius 3 is 2.35 bits per heavy atom. The van der Waals surface area contributed by atoms with Crippen molar-refractivity contribution in [1.82, 2.24) is 14.9 Å². The van der Waals surface area contributed by atoms with Crippen LogP contribution in [0.15, 0.2) is 55.0 Å². The molecule has 2 fully saturated rings. The van der Waals surface area contributed by atoms with Crippen LogP contribution in [0.4, 0.5) is 29.5 Å². The SMILES string of the molecule is CC12CC(=O)N(c3c(F)cc(C#Cc4ccccc4F)cc3F)C(=O)N1CCN(c1ccncn1)C2=O. The minimum Gasteiger partial charge on any atom is -0.307 e. The number of piperazine rings is 1. The van der Waals surface area contributed by atoms with Crippen molar-refractivity contribution < 1.29 is 27.6 Å². The highest BCUT2D eigenvalue weighted by Crippen LogP contribution is 2.37. The summed E-state index contributed by atoms with van der Waals surface area (Å²) in [6.07, 6.45) is 2.23. The van der Waals surface area contributed by atoms with E-state index in [0.717, 1.165) is 17.0 Å². The summed E-state index contributed by atoms with van der Waals surface area (Å²) >= 11 is 0. The highest BCUT2D eigenvalue weighted by atomic mass is 19.1. The zero-order valence-corrected chi connectivity index (χ0v) is 19.4. The van der Waals surface area contributed by atoms with Gasteiger partial charge in [0.15, 0.2) is 11.6 Å². The van der Waals surface area contributed by atoms with Crippen molar-refractivity contribution in [1.29, 1.82) is 0 Å². The fraction of sp³-hybridized carbons (Fsp3) is 0.192. The number of carbonyl (C=O) groups is 3. The van der Waals surface area contributed by atoms with E-state index in [1.54, 1.807) is 6.07 Å². The van der Waals surface area contributed by atoms with Gasteiger partial charge in [0.2, 0.25) is 5.91 Å². The van der Waals surface area contributed by atoms with Crippen molar-refractivity contribution in [3.63, 3.8) is 0 Å². The molecule has 1 atom stereocenters. The molecule has 0 saturated carbocycles. The summed E-state index contributed by atoms with van der Waals surface area (Å²) in [6, 6.07) is 7.89. The number of imide groups is 1. The van der Waals surface area contributed by atoms with Gasteiger partial charge in [-0.05, 0) is 37.3 Å². The summed E-state index contributed by atoms with van der Waals surface area (Å²) in [6.45, 7) is 1.50. The van der Waals surface area contributed by atoms with Crippen molar-refractivity contribution in [2.75, 3.05) is 22.9 Å².